The average molecular weight is 754 g/mol. The first-order valence-electron chi connectivity index (χ1n) is 18.4. The summed E-state index contributed by atoms with van der Waals surface area (Å²) in [6.07, 6.45) is 6.05. The van der Waals surface area contributed by atoms with Gasteiger partial charge in [0, 0.05) is 61.4 Å². The number of nitrogens with zero attached hydrogens (tertiary/aromatic N) is 5. The molecule has 12 heteroatoms. The first-order chi connectivity index (χ1) is 25.2. The molecule has 1 aliphatic heterocycles. The van der Waals surface area contributed by atoms with Crippen molar-refractivity contribution in [1.29, 1.82) is 0 Å². The maximum absolute atomic E-state index is 14.7. The summed E-state index contributed by atoms with van der Waals surface area (Å²) < 4.78 is 5.51. The molecule has 4 rings (SSSR count). The Kier molecular flexibility index (Phi) is 16.4. The zero-order chi connectivity index (χ0) is 37.5. The fourth-order valence-electron chi connectivity index (χ4n) is 6.45. The number of hydrogen-bond acceptors (Lipinski definition) is 5. The molecule has 1 unspecified atom stereocenters. The summed E-state index contributed by atoms with van der Waals surface area (Å²) in [5.41, 5.74) is 2.11. The summed E-state index contributed by atoms with van der Waals surface area (Å²) in [6.45, 7) is 7.73. The van der Waals surface area contributed by atoms with Crippen LogP contribution in [0.25, 0.3) is 0 Å². The summed E-state index contributed by atoms with van der Waals surface area (Å²) in [7, 11) is 3.63. The number of likely N-dealkylation sites (N-methyl/N-ethyl adjacent to an activating group) is 1. The van der Waals surface area contributed by atoms with Crippen LogP contribution in [0.15, 0.2) is 72.8 Å². The molecule has 10 nitrogen and oxygen atoms in total. The third-order valence-corrected chi connectivity index (χ3v) is 9.71. The van der Waals surface area contributed by atoms with Gasteiger partial charge in [0.1, 0.15) is 11.8 Å². The van der Waals surface area contributed by atoms with Gasteiger partial charge in [-0.2, -0.15) is 0 Å². The van der Waals surface area contributed by atoms with Crippen molar-refractivity contribution in [2.75, 3.05) is 64.9 Å². The smallest absolute Gasteiger partial charge is 0.329 e. The second-order valence-corrected chi connectivity index (χ2v) is 14.1. The van der Waals surface area contributed by atoms with Crippen LogP contribution in [0.1, 0.15) is 57.9 Å². The Morgan fingerprint density at radius 2 is 1.44 bits per heavy atom. The molecule has 1 atom stereocenters. The van der Waals surface area contributed by atoms with Gasteiger partial charge in [0.25, 0.3) is 0 Å². The van der Waals surface area contributed by atoms with E-state index < -0.39 is 12.1 Å². The molecule has 1 saturated heterocycles. The van der Waals surface area contributed by atoms with Crippen molar-refractivity contribution >= 4 is 52.5 Å². The van der Waals surface area contributed by atoms with Gasteiger partial charge in [0.15, 0.2) is 0 Å². The van der Waals surface area contributed by atoms with E-state index in [1.165, 1.54) is 4.90 Å². The molecule has 5 amide bonds. The van der Waals surface area contributed by atoms with E-state index >= 15 is 0 Å². The normalized spacial score (nSPS) is 14.3. The largest absolute Gasteiger partial charge is 0.496 e. The van der Waals surface area contributed by atoms with Gasteiger partial charge in [-0.25, -0.2) is 9.59 Å². The van der Waals surface area contributed by atoms with Gasteiger partial charge in [-0.15, -0.1) is 0 Å². The van der Waals surface area contributed by atoms with E-state index in [0.717, 1.165) is 49.8 Å². The predicted molar refractivity (Wildman–Crippen MR) is 211 cm³/mol. The second kappa shape index (κ2) is 20.9. The number of amides is 5. The highest BCUT2D eigenvalue weighted by Crippen LogP contribution is 2.33. The minimum absolute atomic E-state index is 0.0739. The third kappa shape index (κ3) is 11.5. The van der Waals surface area contributed by atoms with Gasteiger partial charge < -0.3 is 29.7 Å². The third-order valence-electron chi connectivity index (χ3n) is 9.27. The highest BCUT2D eigenvalue weighted by Gasteiger charge is 2.40. The molecule has 0 bridgehead atoms. The van der Waals surface area contributed by atoms with Crippen LogP contribution in [-0.2, 0) is 11.3 Å². The van der Waals surface area contributed by atoms with Crippen LogP contribution < -0.4 is 15.0 Å². The van der Waals surface area contributed by atoms with Crippen molar-refractivity contribution in [3.05, 3.63) is 88.4 Å². The topological polar surface area (TPSA) is 88.7 Å². The summed E-state index contributed by atoms with van der Waals surface area (Å²) >= 11 is 12.8. The molecule has 0 aromatic heterocycles. The molecule has 0 aliphatic carbocycles. The Hall–Kier alpha value is -3.99. The molecule has 1 aliphatic rings. The van der Waals surface area contributed by atoms with Gasteiger partial charge in [0.2, 0.25) is 5.91 Å². The SMILES string of the molecule is CCCCCN(CCCCC)C(=O)N1CCN(C(=O)N(c2ccccc2)c2cc(Cl)cc(Cl)c2)C(C(=O)NCCN(C)Cc2ccccc2OC)C1. The van der Waals surface area contributed by atoms with Crippen molar-refractivity contribution < 1.29 is 19.1 Å². The van der Waals surface area contributed by atoms with E-state index in [1.807, 2.05) is 66.5 Å². The van der Waals surface area contributed by atoms with Crippen molar-refractivity contribution in [2.24, 2.45) is 0 Å². The molecule has 0 spiro atoms. The molecule has 0 radical (unpaired) electrons. The van der Waals surface area contributed by atoms with Crippen LogP contribution in [0, 0.1) is 0 Å². The quantitative estimate of drug-likeness (QED) is 0.140. The molecular formula is C40H54Cl2N6O4. The van der Waals surface area contributed by atoms with Crippen LogP contribution in [-0.4, -0.2) is 104 Å². The highest BCUT2D eigenvalue weighted by atomic mass is 35.5. The molecule has 1 heterocycles. The Balaban J connectivity index is 1.58. The monoisotopic (exact) mass is 752 g/mol. The lowest BCUT2D eigenvalue weighted by atomic mass is 10.1. The van der Waals surface area contributed by atoms with E-state index in [9.17, 15) is 14.4 Å². The fraction of sp³-hybridized carbons (Fsp3) is 0.475. The number of carbonyl (C=O) groups is 3. The standard InChI is InChI=1S/C40H54Cl2N6O4/c1-5-7-14-21-45(22-15-8-6-2)39(50)46-24-25-47(40(51)48(34-17-10-9-11-18-34)35-27-32(41)26-33(42)28-35)36(30-46)38(49)43-20-23-44(3)29-31-16-12-13-19-37(31)52-4/h9-13,16-19,26-28,36H,5-8,14-15,20-25,29-30H2,1-4H3,(H,43,49). The van der Waals surface area contributed by atoms with E-state index in [1.54, 1.807) is 35.1 Å². The first-order valence-corrected chi connectivity index (χ1v) is 19.2. The lowest BCUT2D eigenvalue weighted by molar-refractivity contribution is -0.127. The average Bonchev–Trinajstić information content (AvgIpc) is 3.14. The molecular weight excluding hydrogens is 699 g/mol. The van der Waals surface area contributed by atoms with Gasteiger partial charge in [0.05, 0.1) is 25.0 Å². The number of ether oxygens (including phenoxy) is 1. The Morgan fingerprint density at radius 3 is 2.08 bits per heavy atom. The van der Waals surface area contributed by atoms with Crippen LogP contribution >= 0.6 is 23.2 Å². The lowest BCUT2D eigenvalue weighted by Crippen LogP contribution is -2.64. The number of anilines is 2. The van der Waals surface area contributed by atoms with Crippen molar-refractivity contribution in [3.8, 4) is 5.75 Å². The molecule has 1 fully saturated rings. The van der Waals surface area contributed by atoms with Gasteiger partial charge >= 0.3 is 12.1 Å². The van der Waals surface area contributed by atoms with E-state index in [0.29, 0.717) is 60.7 Å². The van der Waals surface area contributed by atoms with Gasteiger partial charge in [-0.3, -0.25) is 9.69 Å². The van der Waals surface area contributed by atoms with Crippen LogP contribution in [0.5, 0.6) is 5.75 Å². The summed E-state index contributed by atoms with van der Waals surface area (Å²) in [6, 6.07) is 20.6. The number of methoxy groups -OCH3 is 1. The minimum Gasteiger partial charge on any atom is -0.496 e. The number of halogens is 2. The molecule has 52 heavy (non-hydrogen) atoms. The zero-order valence-corrected chi connectivity index (χ0v) is 32.5. The number of rotatable bonds is 17. The Bertz CT molecular complexity index is 1560. The van der Waals surface area contributed by atoms with Crippen LogP contribution in [0.3, 0.4) is 0 Å². The Labute approximate surface area is 319 Å². The number of carbonyl (C=O) groups excluding carboxylic acids is 3. The van der Waals surface area contributed by atoms with Crippen LogP contribution in [0.4, 0.5) is 21.0 Å². The molecule has 282 valence electrons. The number of hydrogen-bond donors (Lipinski definition) is 1. The second-order valence-electron chi connectivity index (χ2n) is 13.3. The van der Waals surface area contributed by atoms with E-state index in [-0.39, 0.29) is 25.0 Å². The maximum Gasteiger partial charge on any atom is 0.329 e. The van der Waals surface area contributed by atoms with E-state index in [4.69, 9.17) is 27.9 Å². The molecule has 0 saturated carbocycles. The summed E-state index contributed by atoms with van der Waals surface area (Å²) in [5, 5.41) is 3.83. The van der Waals surface area contributed by atoms with E-state index in [2.05, 4.69) is 24.1 Å². The number of para-hydroxylation sites is 2. The summed E-state index contributed by atoms with van der Waals surface area (Å²) in [4.78, 5) is 51.8. The Morgan fingerprint density at radius 1 is 0.808 bits per heavy atom. The number of urea groups is 2. The number of benzene rings is 3. The van der Waals surface area contributed by atoms with Crippen molar-refractivity contribution in [3.63, 3.8) is 0 Å². The molecule has 1 N–H and O–H groups in total. The predicted octanol–water partition coefficient (Wildman–Crippen LogP) is 8.30. The maximum atomic E-state index is 14.7. The summed E-state index contributed by atoms with van der Waals surface area (Å²) in [5.74, 6) is 0.485. The van der Waals surface area contributed by atoms with Gasteiger partial charge in [-0.05, 0) is 56.3 Å². The van der Waals surface area contributed by atoms with Crippen molar-refractivity contribution in [2.45, 2.75) is 65.0 Å². The minimum atomic E-state index is -0.932. The molecule has 3 aromatic rings. The van der Waals surface area contributed by atoms with Gasteiger partial charge in [-0.1, -0.05) is 99.1 Å². The van der Waals surface area contributed by atoms with Crippen LogP contribution in [0.2, 0.25) is 10.0 Å². The lowest BCUT2D eigenvalue weighted by Gasteiger charge is -2.43. The fourth-order valence-corrected chi connectivity index (χ4v) is 6.97. The van der Waals surface area contributed by atoms with Crippen molar-refractivity contribution in [1.82, 2.24) is 24.9 Å². The number of piperazine rings is 1. The number of nitrogens with one attached hydrogen (secondary N) is 1. The number of unbranched alkanes of at least 4 members (excludes halogenated alkanes) is 4. The zero-order valence-electron chi connectivity index (χ0n) is 31.0. The highest BCUT2D eigenvalue weighted by molar-refractivity contribution is 6.35. The molecule has 3 aromatic carbocycles. The first kappa shape index (κ1) is 40.8.